The van der Waals surface area contributed by atoms with E-state index in [1.165, 1.54) is 5.56 Å². The number of piperidine rings is 1. The van der Waals surface area contributed by atoms with Gasteiger partial charge in [-0.15, -0.1) is 0 Å². The SMILES string of the molecule is O=C(Cc1ccc(Cl)cc1)N1CCC2(CC1)OCCc1cn[nH]c12. The number of benzene rings is 1. The third-order valence-electron chi connectivity index (χ3n) is 5.12. The first-order valence-corrected chi connectivity index (χ1v) is 8.73. The molecule has 1 fully saturated rings. The van der Waals surface area contributed by atoms with Gasteiger partial charge in [0, 0.05) is 18.1 Å². The average molecular weight is 346 g/mol. The zero-order valence-corrected chi connectivity index (χ0v) is 14.2. The van der Waals surface area contributed by atoms with Crippen molar-refractivity contribution in [3.8, 4) is 0 Å². The van der Waals surface area contributed by atoms with E-state index in [0.717, 1.165) is 37.1 Å². The molecule has 2 aliphatic rings. The van der Waals surface area contributed by atoms with Gasteiger partial charge in [0.2, 0.25) is 5.91 Å². The maximum Gasteiger partial charge on any atom is 0.226 e. The number of fused-ring (bicyclic) bond motifs is 2. The van der Waals surface area contributed by atoms with E-state index in [1.54, 1.807) is 0 Å². The summed E-state index contributed by atoms with van der Waals surface area (Å²) in [6, 6.07) is 7.47. The number of likely N-dealkylation sites (tertiary alicyclic amines) is 1. The van der Waals surface area contributed by atoms with Crippen molar-refractivity contribution < 1.29 is 9.53 Å². The Morgan fingerprint density at radius 1 is 1.29 bits per heavy atom. The van der Waals surface area contributed by atoms with Gasteiger partial charge >= 0.3 is 0 Å². The van der Waals surface area contributed by atoms with Crippen molar-refractivity contribution in [1.82, 2.24) is 15.1 Å². The fourth-order valence-corrected chi connectivity index (χ4v) is 3.85. The first-order chi connectivity index (χ1) is 11.7. The van der Waals surface area contributed by atoms with Gasteiger partial charge in [-0.05, 0) is 42.5 Å². The Bertz CT molecular complexity index is 733. The Labute approximate surface area is 145 Å². The highest BCUT2D eigenvalue weighted by Gasteiger charge is 2.42. The number of amides is 1. The molecule has 1 amide bonds. The van der Waals surface area contributed by atoms with Gasteiger partial charge in [0.25, 0.3) is 0 Å². The number of hydrogen-bond donors (Lipinski definition) is 1. The average Bonchev–Trinajstić information content (AvgIpc) is 3.08. The molecule has 1 aromatic heterocycles. The fraction of sp³-hybridized carbons (Fsp3) is 0.444. The van der Waals surface area contributed by atoms with E-state index >= 15 is 0 Å². The number of carbonyl (C=O) groups excluding carboxylic acids is 1. The zero-order chi connectivity index (χ0) is 16.6. The molecule has 5 nitrogen and oxygen atoms in total. The predicted molar refractivity (Wildman–Crippen MR) is 90.9 cm³/mol. The van der Waals surface area contributed by atoms with Crippen LogP contribution in [0.1, 0.15) is 29.7 Å². The Morgan fingerprint density at radius 2 is 2.04 bits per heavy atom. The van der Waals surface area contributed by atoms with Crippen LogP contribution in [-0.2, 0) is 28.0 Å². The number of aromatic amines is 1. The van der Waals surface area contributed by atoms with Crippen LogP contribution in [0, 0.1) is 0 Å². The number of halogens is 1. The molecule has 24 heavy (non-hydrogen) atoms. The summed E-state index contributed by atoms with van der Waals surface area (Å²) in [5, 5.41) is 7.98. The van der Waals surface area contributed by atoms with Gasteiger partial charge in [-0.2, -0.15) is 5.10 Å². The van der Waals surface area contributed by atoms with Gasteiger partial charge in [-0.3, -0.25) is 9.89 Å². The molecule has 1 aromatic carbocycles. The molecule has 0 bridgehead atoms. The molecule has 2 aliphatic heterocycles. The van der Waals surface area contributed by atoms with Crippen LogP contribution in [0.25, 0.3) is 0 Å². The first kappa shape index (κ1) is 15.7. The van der Waals surface area contributed by atoms with Gasteiger partial charge < -0.3 is 9.64 Å². The fourth-order valence-electron chi connectivity index (χ4n) is 3.72. The number of nitrogens with zero attached hydrogens (tertiary/aromatic N) is 2. The molecule has 6 heteroatoms. The lowest BCUT2D eigenvalue weighted by Crippen LogP contribution is -2.48. The van der Waals surface area contributed by atoms with E-state index in [4.69, 9.17) is 16.3 Å². The Balaban J connectivity index is 1.41. The number of nitrogens with one attached hydrogen (secondary N) is 1. The van der Waals surface area contributed by atoms with Crippen molar-refractivity contribution in [2.75, 3.05) is 19.7 Å². The standard InChI is InChI=1S/C18H20ClN3O2/c19-15-3-1-13(2-4-15)11-16(23)22-8-6-18(7-9-22)17-14(5-10-24-18)12-20-21-17/h1-4,12H,5-11H2,(H,20,21). The highest BCUT2D eigenvalue weighted by molar-refractivity contribution is 6.30. The second-order valence-electron chi connectivity index (χ2n) is 6.55. The molecule has 3 heterocycles. The molecule has 2 aromatic rings. The zero-order valence-electron chi connectivity index (χ0n) is 13.4. The number of ether oxygens (including phenoxy) is 1. The summed E-state index contributed by atoms with van der Waals surface area (Å²) in [4.78, 5) is 14.5. The molecule has 1 saturated heterocycles. The number of hydrogen-bond acceptors (Lipinski definition) is 3. The summed E-state index contributed by atoms with van der Waals surface area (Å²) >= 11 is 5.89. The van der Waals surface area contributed by atoms with E-state index in [-0.39, 0.29) is 11.5 Å². The second kappa shape index (κ2) is 6.22. The molecule has 126 valence electrons. The van der Waals surface area contributed by atoms with Crippen molar-refractivity contribution in [3.63, 3.8) is 0 Å². The minimum atomic E-state index is -0.291. The third-order valence-corrected chi connectivity index (χ3v) is 5.37. The highest BCUT2D eigenvalue weighted by atomic mass is 35.5. The van der Waals surface area contributed by atoms with Crippen LogP contribution in [0.15, 0.2) is 30.5 Å². The number of aromatic nitrogens is 2. The normalized spacial score (nSPS) is 19.3. The van der Waals surface area contributed by atoms with Gasteiger partial charge in [0.15, 0.2) is 0 Å². The van der Waals surface area contributed by atoms with Gasteiger partial charge in [-0.25, -0.2) is 0 Å². The van der Waals surface area contributed by atoms with Crippen LogP contribution in [0.5, 0.6) is 0 Å². The van der Waals surface area contributed by atoms with E-state index < -0.39 is 0 Å². The van der Waals surface area contributed by atoms with Crippen LogP contribution in [0.3, 0.4) is 0 Å². The minimum Gasteiger partial charge on any atom is -0.368 e. The largest absolute Gasteiger partial charge is 0.368 e. The molecule has 0 saturated carbocycles. The van der Waals surface area contributed by atoms with Crippen molar-refractivity contribution in [2.24, 2.45) is 0 Å². The van der Waals surface area contributed by atoms with E-state index in [9.17, 15) is 4.79 Å². The summed E-state index contributed by atoms with van der Waals surface area (Å²) < 4.78 is 6.13. The number of rotatable bonds is 2. The van der Waals surface area contributed by atoms with Crippen LogP contribution >= 0.6 is 11.6 Å². The number of carbonyl (C=O) groups is 1. The van der Waals surface area contributed by atoms with Gasteiger partial charge in [0.05, 0.1) is 24.9 Å². The monoisotopic (exact) mass is 345 g/mol. The number of H-pyrrole nitrogens is 1. The van der Waals surface area contributed by atoms with Crippen LogP contribution in [-0.4, -0.2) is 40.7 Å². The van der Waals surface area contributed by atoms with Crippen molar-refractivity contribution in [1.29, 1.82) is 0 Å². The Morgan fingerprint density at radius 3 is 2.79 bits per heavy atom. The lowest BCUT2D eigenvalue weighted by molar-refractivity contribution is -0.140. The summed E-state index contributed by atoms with van der Waals surface area (Å²) in [7, 11) is 0. The highest BCUT2D eigenvalue weighted by Crippen LogP contribution is 2.40. The van der Waals surface area contributed by atoms with Gasteiger partial charge in [0.1, 0.15) is 5.60 Å². The van der Waals surface area contributed by atoms with Crippen LogP contribution in [0.2, 0.25) is 5.02 Å². The molecule has 1 spiro atoms. The minimum absolute atomic E-state index is 0.160. The molecular weight excluding hydrogens is 326 g/mol. The van der Waals surface area contributed by atoms with Crippen LogP contribution < -0.4 is 0 Å². The predicted octanol–water partition coefficient (Wildman–Crippen LogP) is 2.70. The maximum atomic E-state index is 12.6. The lowest BCUT2D eigenvalue weighted by Gasteiger charge is -2.43. The molecule has 1 N–H and O–H groups in total. The third kappa shape index (κ3) is 2.82. The second-order valence-corrected chi connectivity index (χ2v) is 6.98. The van der Waals surface area contributed by atoms with Crippen LogP contribution in [0.4, 0.5) is 0 Å². The quantitative estimate of drug-likeness (QED) is 0.910. The molecule has 0 aliphatic carbocycles. The van der Waals surface area contributed by atoms with E-state index in [1.807, 2.05) is 35.4 Å². The molecule has 0 radical (unpaired) electrons. The van der Waals surface area contributed by atoms with Crippen molar-refractivity contribution >= 4 is 17.5 Å². The summed E-state index contributed by atoms with van der Waals surface area (Å²) in [5.41, 5.74) is 3.07. The Kier molecular flexibility index (Phi) is 4.06. The summed E-state index contributed by atoms with van der Waals surface area (Å²) in [5.74, 6) is 0.160. The molecule has 0 unspecified atom stereocenters. The lowest BCUT2D eigenvalue weighted by atomic mass is 9.83. The summed E-state index contributed by atoms with van der Waals surface area (Å²) in [6.07, 6.45) is 4.86. The molecule has 4 rings (SSSR count). The smallest absolute Gasteiger partial charge is 0.226 e. The first-order valence-electron chi connectivity index (χ1n) is 8.35. The summed E-state index contributed by atoms with van der Waals surface area (Å²) in [6.45, 7) is 2.15. The van der Waals surface area contributed by atoms with Crippen molar-refractivity contribution in [2.45, 2.75) is 31.3 Å². The Hall–Kier alpha value is -1.85. The molecule has 0 atom stereocenters. The van der Waals surface area contributed by atoms with E-state index in [2.05, 4.69) is 10.2 Å². The molecular formula is C18H20ClN3O2. The topological polar surface area (TPSA) is 58.2 Å². The maximum absolute atomic E-state index is 12.6. The van der Waals surface area contributed by atoms with E-state index in [0.29, 0.717) is 24.5 Å². The van der Waals surface area contributed by atoms with Gasteiger partial charge in [-0.1, -0.05) is 23.7 Å². The van der Waals surface area contributed by atoms with Crippen molar-refractivity contribution in [3.05, 3.63) is 52.3 Å².